The van der Waals surface area contributed by atoms with Crippen molar-refractivity contribution in [2.75, 3.05) is 0 Å². The van der Waals surface area contributed by atoms with Crippen molar-refractivity contribution >= 4 is 5.57 Å². The smallest absolute Gasteiger partial charge is 0.0435 e. The average Bonchev–Trinajstić information content (AvgIpc) is 2.95. The molecule has 0 saturated heterocycles. The van der Waals surface area contributed by atoms with Gasteiger partial charge in [-0.15, -0.1) is 0 Å². The van der Waals surface area contributed by atoms with Crippen LogP contribution in [0.3, 0.4) is 0 Å². The molecule has 0 aliphatic heterocycles. The van der Waals surface area contributed by atoms with Gasteiger partial charge in [-0.2, -0.15) is 0 Å². The van der Waals surface area contributed by atoms with Gasteiger partial charge in [0.25, 0.3) is 0 Å². The fourth-order valence-electron chi connectivity index (χ4n) is 4.40. The number of benzene rings is 3. The maximum absolute atomic E-state index is 4.61. The number of allylic oxidation sites excluding steroid dienone is 5. The molecule has 0 radical (unpaired) electrons. The predicted octanol–water partition coefficient (Wildman–Crippen LogP) is 7.89. The molecule has 0 amide bonds. The zero-order chi connectivity index (χ0) is 20.6. The summed E-state index contributed by atoms with van der Waals surface area (Å²) in [4.78, 5) is 0. The number of rotatable bonds is 3. The minimum atomic E-state index is -0.264. The van der Waals surface area contributed by atoms with E-state index in [0.29, 0.717) is 0 Å². The Bertz CT molecular complexity index is 1130. The number of aryl methyl sites for hydroxylation is 1. The first-order valence-corrected chi connectivity index (χ1v) is 10.2. The van der Waals surface area contributed by atoms with Gasteiger partial charge in [0.15, 0.2) is 0 Å². The zero-order valence-electron chi connectivity index (χ0n) is 17.8. The Morgan fingerprint density at radius 1 is 0.793 bits per heavy atom. The van der Waals surface area contributed by atoms with Crippen LogP contribution < -0.4 is 0 Å². The van der Waals surface area contributed by atoms with Crippen LogP contribution in [-0.4, -0.2) is 0 Å². The minimum Gasteiger partial charge on any atom is -0.0940 e. The Kier molecular flexibility index (Phi) is 4.88. The standard InChI is InChI=1S/C29H28/c1-20(2)14-19-24-22(4)29(5,28-13-9-7-11-26(24)28)27-12-8-6-10-25(27)23-17-15-21(3)16-18-23/h6-19H,4H2,1-3,5H3/b24-19+. The van der Waals surface area contributed by atoms with Crippen molar-refractivity contribution in [3.8, 4) is 11.1 Å². The molecule has 0 heteroatoms. The van der Waals surface area contributed by atoms with Gasteiger partial charge in [-0.1, -0.05) is 103 Å². The Morgan fingerprint density at radius 2 is 1.34 bits per heavy atom. The number of hydrogen-bond donors (Lipinski definition) is 0. The van der Waals surface area contributed by atoms with Crippen molar-refractivity contribution in [1.82, 2.24) is 0 Å². The lowest BCUT2D eigenvalue weighted by atomic mass is 9.72. The normalized spacial score (nSPS) is 19.3. The highest BCUT2D eigenvalue weighted by Gasteiger charge is 2.42. The van der Waals surface area contributed by atoms with Crippen LogP contribution in [0.25, 0.3) is 16.7 Å². The summed E-state index contributed by atoms with van der Waals surface area (Å²) < 4.78 is 0. The van der Waals surface area contributed by atoms with Gasteiger partial charge in [-0.05, 0) is 66.7 Å². The lowest BCUT2D eigenvalue weighted by Gasteiger charge is -2.30. The van der Waals surface area contributed by atoms with E-state index in [9.17, 15) is 0 Å². The topological polar surface area (TPSA) is 0 Å². The summed E-state index contributed by atoms with van der Waals surface area (Å²) in [5, 5.41) is 0. The predicted molar refractivity (Wildman–Crippen MR) is 126 cm³/mol. The molecule has 0 bridgehead atoms. The SMILES string of the molecule is C=C1/C(=C\C=C(C)C)c2ccccc2C1(C)c1ccccc1-c1ccc(C)cc1. The van der Waals surface area contributed by atoms with Crippen LogP contribution in [0.1, 0.15) is 43.0 Å². The zero-order valence-corrected chi connectivity index (χ0v) is 17.8. The second-order valence-electron chi connectivity index (χ2n) is 8.39. The minimum absolute atomic E-state index is 0.264. The second-order valence-corrected chi connectivity index (χ2v) is 8.39. The Morgan fingerprint density at radius 3 is 1.97 bits per heavy atom. The van der Waals surface area contributed by atoms with E-state index in [1.165, 1.54) is 44.5 Å². The molecule has 0 saturated carbocycles. The molecule has 29 heavy (non-hydrogen) atoms. The first kappa shape index (κ1) is 19.2. The molecule has 1 aliphatic carbocycles. The molecule has 1 aliphatic rings. The van der Waals surface area contributed by atoms with Crippen LogP contribution in [0.2, 0.25) is 0 Å². The van der Waals surface area contributed by atoms with Crippen molar-refractivity contribution in [2.45, 2.75) is 33.1 Å². The van der Waals surface area contributed by atoms with E-state index in [-0.39, 0.29) is 5.41 Å². The van der Waals surface area contributed by atoms with E-state index in [1.807, 2.05) is 0 Å². The van der Waals surface area contributed by atoms with Crippen molar-refractivity contribution in [3.63, 3.8) is 0 Å². The summed E-state index contributed by atoms with van der Waals surface area (Å²) in [5.41, 5.74) is 11.2. The van der Waals surface area contributed by atoms with E-state index < -0.39 is 0 Å². The van der Waals surface area contributed by atoms with E-state index in [1.54, 1.807) is 0 Å². The van der Waals surface area contributed by atoms with E-state index in [2.05, 4.69) is 119 Å². The molecule has 0 fully saturated rings. The highest BCUT2D eigenvalue weighted by Crippen LogP contribution is 2.54. The maximum Gasteiger partial charge on any atom is 0.0435 e. The van der Waals surface area contributed by atoms with Gasteiger partial charge in [-0.3, -0.25) is 0 Å². The van der Waals surface area contributed by atoms with Crippen LogP contribution >= 0.6 is 0 Å². The molecule has 1 unspecified atom stereocenters. The van der Waals surface area contributed by atoms with E-state index >= 15 is 0 Å². The van der Waals surface area contributed by atoms with Crippen molar-refractivity contribution in [3.05, 3.63) is 125 Å². The fourth-order valence-corrected chi connectivity index (χ4v) is 4.40. The van der Waals surface area contributed by atoms with Gasteiger partial charge in [-0.25, -0.2) is 0 Å². The first-order valence-electron chi connectivity index (χ1n) is 10.2. The van der Waals surface area contributed by atoms with Crippen LogP contribution in [0, 0.1) is 6.92 Å². The summed E-state index contributed by atoms with van der Waals surface area (Å²) in [6.07, 6.45) is 4.42. The van der Waals surface area contributed by atoms with Crippen molar-refractivity contribution in [1.29, 1.82) is 0 Å². The van der Waals surface area contributed by atoms with Gasteiger partial charge in [0.05, 0.1) is 0 Å². The Balaban J connectivity index is 1.96. The van der Waals surface area contributed by atoms with Crippen molar-refractivity contribution in [2.24, 2.45) is 0 Å². The molecule has 0 spiro atoms. The molecule has 0 N–H and O–H groups in total. The quantitative estimate of drug-likeness (QED) is 0.436. The molecular weight excluding hydrogens is 348 g/mol. The molecule has 3 aromatic rings. The van der Waals surface area contributed by atoms with Gasteiger partial charge < -0.3 is 0 Å². The molecule has 0 heterocycles. The molecule has 144 valence electrons. The monoisotopic (exact) mass is 376 g/mol. The largest absolute Gasteiger partial charge is 0.0940 e. The number of fused-ring (bicyclic) bond motifs is 1. The molecular formula is C29H28. The molecule has 3 aromatic carbocycles. The van der Waals surface area contributed by atoms with Crippen LogP contribution in [0.5, 0.6) is 0 Å². The summed E-state index contributed by atoms with van der Waals surface area (Å²) >= 11 is 0. The Labute approximate surface area is 174 Å². The van der Waals surface area contributed by atoms with Crippen LogP contribution in [-0.2, 0) is 5.41 Å². The van der Waals surface area contributed by atoms with Gasteiger partial charge in [0.2, 0.25) is 0 Å². The Hall–Kier alpha value is -3.12. The molecule has 1 atom stereocenters. The third kappa shape index (κ3) is 3.19. The molecule has 4 rings (SSSR count). The van der Waals surface area contributed by atoms with Crippen LogP contribution in [0.15, 0.2) is 103 Å². The number of hydrogen-bond acceptors (Lipinski definition) is 0. The van der Waals surface area contributed by atoms with Crippen LogP contribution in [0.4, 0.5) is 0 Å². The lowest BCUT2D eigenvalue weighted by molar-refractivity contribution is 0.719. The average molecular weight is 377 g/mol. The molecule has 0 nitrogen and oxygen atoms in total. The van der Waals surface area contributed by atoms with Gasteiger partial charge in [0.1, 0.15) is 0 Å². The molecule has 0 aromatic heterocycles. The van der Waals surface area contributed by atoms with Gasteiger partial charge in [0, 0.05) is 5.41 Å². The third-order valence-electron chi connectivity index (χ3n) is 6.10. The summed E-state index contributed by atoms with van der Waals surface area (Å²) in [6.45, 7) is 13.3. The third-order valence-corrected chi connectivity index (χ3v) is 6.10. The maximum atomic E-state index is 4.61. The first-order chi connectivity index (χ1) is 13.9. The summed E-state index contributed by atoms with van der Waals surface area (Å²) in [7, 11) is 0. The fraction of sp³-hybridized carbons (Fsp3) is 0.172. The van der Waals surface area contributed by atoms with E-state index in [0.717, 1.165) is 5.57 Å². The van der Waals surface area contributed by atoms with Gasteiger partial charge >= 0.3 is 0 Å². The highest BCUT2D eigenvalue weighted by atomic mass is 14.4. The summed E-state index contributed by atoms with van der Waals surface area (Å²) in [5.74, 6) is 0. The van der Waals surface area contributed by atoms with E-state index in [4.69, 9.17) is 0 Å². The van der Waals surface area contributed by atoms with Crippen molar-refractivity contribution < 1.29 is 0 Å². The second kappa shape index (κ2) is 7.37. The highest BCUT2D eigenvalue weighted by molar-refractivity contribution is 5.93. The summed E-state index contributed by atoms with van der Waals surface area (Å²) in [6, 6.07) is 26.3. The lowest BCUT2D eigenvalue weighted by Crippen LogP contribution is -2.23.